The highest BCUT2D eigenvalue weighted by molar-refractivity contribution is 9.10. The highest BCUT2D eigenvalue weighted by atomic mass is 79.9. The molecule has 0 radical (unpaired) electrons. The third-order valence-electron chi connectivity index (χ3n) is 2.81. The Morgan fingerprint density at radius 3 is 2.87 bits per heavy atom. The average molecular weight is 271 g/mol. The lowest BCUT2D eigenvalue weighted by atomic mass is 9.93. The molecule has 1 heterocycles. The van der Waals surface area contributed by atoms with E-state index in [4.69, 9.17) is 4.74 Å². The quantitative estimate of drug-likeness (QED) is 0.849. The molecule has 2 rings (SSSR count). The van der Waals surface area contributed by atoms with Crippen molar-refractivity contribution in [1.29, 1.82) is 0 Å². The second kappa shape index (κ2) is 4.14. The molecule has 3 heteroatoms. The standard InChI is InChI=1S/C12H15BrO2/c1-7(2)12-6-10(14)9-5-8(13)3-4-11(9)15-12/h3-5,7,10,12,14H,6H2,1-2H3/t10-,12-/m1/s1. The summed E-state index contributed by atoms with van der Waals surface area (Å²) in [6.45, 7) is 4.22. The maximum absolute atomic E-state index is 10.0. The lowest BCUT2D eigenvalue weighted by Crippen LogP contribution is -2.30. The average Bonchev–Trinajstić information content (AvgIpc) is 2.18. The summed E-state index contributed by atoms with van der Waals surface area (Å²) < 4.78 is 6.82. The largest absolute Gasteiger partial charge is 0.490 e. The molecule has 1 aliphatic heterocycles. The normalized spacial score (nSPS) is 24.9. The Kier molecular flexibility index (Phi) is 3.03. The minimum Gasteiger partial charge on any atom is -0.490 e. The molecule has 1 aliphatic rings. The van der Waals surface area contributed by atoms with Crippen LogP contribution in [-0.4, -0.2) is 11.2 Å². The molecular weight excluding hydrogens is 256 g/mol. The molecule has 0 aromatic heterocycles. The first-order chi connectivity index (χ1) is 7.08. The van der Waals surface area contributed by atoms with Gasteiger partial charge in [0.2, 0.25) is 0 Å². The summed E-state index contributed by atoms with van der Waals surface area (Å²) in [6, 6.07) is 5.78. The lowest BCUT2D eigenvalue weighted by Gasteiger charge is -2.32. The number of aliphatic hydroxyl groups is 1. The van der Waals surface area contributed by atoms with Crippen molar-refractivity contribution in [3.8, 4) is 5.75 Å². The molecule has 1 aromatic rings. The van der Waals surface area contributed by atoms with Crippen LogP contribution in [0.25, 0.3) is 0 Å². The molecule has 1 aromatic carbocycles. The summed E-state index contributed by atoms with van der Waals surface area (Å²) >= 11 is 3.40. The van der Waals surface area contributed by atoms with Crippen LogP contribution < -0.4 is 4.74 Å². The van der Waals surface area contributed by atoms with Gasteiger partial charge in [0.25, 0.3) is 0 Å². The number of benzene rings is 1. The summed E-state index contributed by atoms with van der Waals surface area (Å²) in [5.41, 5.74) is 0.890. The Hall–Kier alpha value is -0.540. The van der Waals surface area contributed by atoms with Gasteiger partial charge in [0.05, 0.1) is 6.10 Å². The van der Waals surface area contributed by atoms with Gasteiger partial charge in [-0.1, -0.05) is 29.8 Å². The zero-order valence-electron chi connectivity index (χ0n) is 8.90. The zero-order chi connectivity index (χ0) is 11.0. The third kappa shape index (κ3) is 2.18. The van der Waals surface area contributed by atoms with Crippen molar-refractivity contribution in [2.75, 3.05) is 0 Å². The van der Waals surface area contributed by atoms with Crippen LogP contribution in [-0.2, 0) is 0 Å². The SMILES string of the molecule is CC(C)[C@H]1C[C@@H](O)c2cc(Br)ccc2O1. The monoisotopic (exact) mass is 270 g/mol. The maximum Gasteiger partial charge on any atom is 0.125 e. The first-order valence-corrected chi connectivity index (χ1v) is 6.01. The fraction of sp³-hybridized carbons (Fsp3) is 0.500. The zero-order valence-corrected chi connectivity index (χ0v) is 10.5. The molecular formula is C12H15BrO2. The fourth-order valence-corrected chi connectivity index (χ4v) is 2.23. The number of hydrogen-bond donors (Lipinski definition) is 1. The molecule has 0 fully saturated rings. The minimum absolute atomic E-state index is 0.119. The van der Waals surface area contributed by atoms with Crippen molar-refractivity contribution < 1.29 is 9.84 Å². The van der Waals surface area contributed by atoms with Crippen LogP contribution in [0.3, 0.4) is 0 Å². The smallest absolute Gasteiger partial charge is 0.125 e. The van der Waals surface area contributed by atoms with Gasteiger partial charge in [0, 0.05) is 16.5 Å². The van der Waals surface area contributed by atoms with Gasteiger partial charge in [-0.2, -0.15) is 0 Å². The Morgan fingerprint density at radius 1 is 1.47 bits per heavy atom. The Morgan fingerprint density at radius 2 is 2.20 bits per heavy atom. The van der Waals surface area contributed by atoms with Crippen molar-refractivity contribution in [2.24, 2.45) is 5.92 Å². The van der Waals surface area contributed by atoms with Crippen molar-refractivity contribution in [3.05, 3.63) is 28.2 Å². The van der Waals surface area contributed by atoms with E-state index in [0.717, 1.165) is 15.8 Å². The van der Waals surface area contributed by atoms with Gasteiger partial charge in [0.1, 0.15) is 11.9 Å². The van der Waals surface area contributed by atoms with Gasteiger partial charge in [0.15, 0.2) is 0 Å². The number of hydrogen-bond acceptors (Lipinski definition) is 2. The first kappa shape index (κ1) is 11.0. The number of aliphatic hydroxyl groups excluding tert-OH is 1. The van der Waals surface area contributed by atoms with E-state index in [1.807, 2.05) is 18.2 Å². The van der Waals surface area contributed by atoms with Gasteiger partial charge in [-0.3, -0.25) is 0 Å². The molecule has 0 spiro atoms. The van der Waals surface area contributed by atoms with E-state index < -0.39 is 6.10 Å². The molecule has 1 N–H and O–H groups in total. The topological polar surface area (TPSA) is 29.5 Å². The summed E-state index contributed by atoms with van der Waals surface area (Å²) in [6.07, 6.45) is 0.397. The fourth-order valence-electron chi connectivity index (χ4n) is 1.85. The van der Waals surface area contributed by atoms with Gasteiger partial charge < -0.3 is 9.84 Å². The van der Waals surface area contributed by atoms with Crippen LogP contribution in [0.15, 0.2) is 22.7 Å². The lowest BCUT2D eigenvalue weighted by molar-refractivity contribution is 0.0426. The van der Waals surface area contributed by atoms with E-state index in [0.29, 0.717) is 12.3 Å². The van der Waals surface area contributed by atoms with E-state index in [1.165, 1.54) is 0 Å². The number of halogens is 1. The second-order valence-electron chi connectivity index (χ2n) is 4.33. The van der Waals surface area contributed by atoms with Gasteiger partial charge >= 0.3 is 0 Å². The van der Waals surface area contributed by atoms with Crippen LogP contribution >= 0.6 is 15.9 Å². The molecule has 0 aliphatic carbocycles. The van der Waals surface area contributed by atoms with Crippen LogP contribution in [0.5, 0.6) is 5.75 Å². The minimum atomic E-state index is -0.404. The number of fused-ring (bicyclic) bond motifs is 1. The summed E-state index contributed by atoms with van der Waals surface area (Å²) in [7, 11) is 0. The molecule has 2 atom stereocenters. The van der Waals surface area contributed by atoms with Crippen LogP contribution in [0, 0.1) is 5.92 Å². The Bertz CT molecular complexity index is 363. The molecule has 0 saturated carbocycles. The molecule has 0 bridgehead atoms. The molecule has 15 heavy (non-hydrogen) atoms. The highest BCUT2D eigenvalue weighted by Crippen LogP contribution is 2.38. The van der Waals surface area contributed by atoms with Crippen LogP contribution in [0.1, 0.15) is 31.9 Å². The van der Waals surface area contributed by atoms with Crippen LogP contribution in [0.4, 0.5) is 0 Å². The van der Waals surface area contributed by atoms with E-state index in [-0.39, 0.29) is 6.10 Å². The Balaban J connectivity index is 2.32. The van der Waals surface area contributed by atoms with E-state index in [2.05, 4.69) is 29.8 Å². The van der Waals surface area contributed by atoms with E-state index in [1.54, 1.807) is 0 Å². The molecule has 2 nitrogen and oxygen atoms in total. The second-order valence-corrected chi connectivity index (χ2v) is 5.25. The van der Waals surface area contributed by atoms with Crippen molar-refractivity contribution in [2.45, 2.75) is 32.5 Å². The highest BCUT2D eigenvalue weighted by Gasteiger charge is 2.28. The number of rotatable bonds is 1. The van der Waals surface area contributed by atoms with Gasteiger partial charge in [-0.05, 0) is 24.1 Å². The third-order valence-corrected chi connectivity index (χ3v) is 3.30. The predicted molar refractivity (Wildman–Crippen MR) is 63.0 cm³/mol. The molecule has 82 valence electrons. The maximum atomic E-state index is 10.0. The summed E-state index contributed by atoms with van der Waals surface area (Å²) in [4.78, 5) is 0. The van der Waals surface area contributed by atoms with Crippen molar-refractivity contribution in [1.82, 2.24) is 0 Å². The Labute approximate surface area is 98.4 Å². The summed E-state index contributed by atoms with van der Waals surface area (Å²) in [5, 5.41) is 10.0. The van der Waals surface area contributed by atoms with Gasteiger partial charge in [-0.15, -0.1) is 0 Å². The van der Waals surface area contributed by atoms with Crippen molar-refractivity contribution in [3.63, 3.8) is 0 Å². The molecule has 0 unspecified atom stereocenters. The molecule has 0 saturated heterocycles. The van der Waals surface area contributed by atoms with E-state index in [9.17, 15) is 5.11 Å². The number of ether oxygens (including phenoxy) is 1. The predicted octanol–water partition coefficient (Wildman–Crippen LogP) is 3.29. The molecule has 0 amide bonds. The van der Waals surface area contributed by atoms with Crippen LogP contribution in [0.2, 0.25) is 0 Å². The van der Waals surface area contributed by atoms with Crippen molar-refractivity contribution >= 4 is 15.9 Å². The van der Waals surface area contributed by atoms with Gasteiger partial charge in [-0.25, -0.2) is 0 Å². The first-order valence-electron chi connectivity index (χ1n) is 5.22. The summed E-state index contributed by atoms with van der Waals surface area (Å²) in [5.74, 6) is 1.24. The van der Waals surface area contributed by atoms with E-state index >= 15 is 0 Å².